The van der Waals surface area contributed by atoms with Crippen molar-refractivity contribution in [3.63, 3.8) is 0 Å². The van der Waals surface area contributed by atoms with Gasteiger partial charge in [0, 0.05) is 6.54 Å². The highest BCUT2D eigenvalue weighted by Crippen LogP contribution is 2.22. The molecule has 3 N–H and O–H groups in total. The van der Waals surface area contributed by atoms with E-state index in [0.29, 0.717) is 11.7 Å². The van der Waals surface area contributed by atoms with E-state index in [9.17, 15) is 5.11 Å². The number of aliphatic hydroxyl groups is 1. The van der Waals surface area contributed by atoms with Crippen molar-refractivity contribution >= 4 is 0 Å². The van der Waals surface area contributed by atoms with Gasteiger partial charge in [0.05, 0.1) is 12.1 Å². The molecule has 0 bridgehead atoms. The zero-order valence-electron chi connectivity index (χ0n) is 11.8. The Labute approximate surface area is 113 Å². The molecular weight excluding hydrogens is 246 g/mol. The van der Waals surface area contributed by atoms with Crippen molar-refractivity contribution in [1.82, 2.24) is 19.9 Å². The first kappa shape index (κ1) is 14.4. The maximum absolute atomic E-state index is 9.46. The second-order valence-electron chi connectivity index (χ2n) is 5.37. The number of likely N-dealkylation sites (N-methyl/N-ethyl adjacent to an activating group) is 2. The lowest BCUT2D eigenvalue weighted by Gasteiger charge is -2.24. The first-order chi connectivity index (χ1) is 8.99. The van der Waals surface area contributed by atoms with Crippen LogP contribution in [0.3, 0.4) is 0 Å². The van der Waals surface area contributed by atoms with E-state index in [1.807, 2.05) is 0 Å². The first-order valence-electron chi connectivity index (χ1n) is 6.65. The lowest BCUT2D eigenvalue weighted by Crippen LogP contribution is -2.31. The van der Waals surface area contributed by atoms with Gasteiger partial charge in [-0.25, -0.2) is 0 Å². The van der Waals surface area contributed by atoms with E-state index in [4.69, 9.17) is 10.3 Å². The smallest absolute Gasteiger partial charge is 0.246 e. The topological polar surface area (TPSA) is 91.7 Å². The summed E-state index contributed by atoms with van der Waals surface area (Å²) in [5.41, 5.74) is 5.80. The summed E-state index contributed by atoms with van der Waals surface area (Å²) >= 11 is 0. The molecule has 0 aromatic carbocycles. The van der Waals surface area contributed by atoms with Crippen LogP contribution in [0.4, 0.5) is 0 Å². The molecule has 1 saturated heterocycles. The van der Waals surface area contributed by atoms with Crippen LogP contribution < -0.4 is 5.73 Å². The molecule has 19 heavy (non-hydrogen) atoms. The standard InChI is InChI=1S/C12H23N5O2/c1-8(18)10(13)12-14-11(15-19-12)9-7-16(2)5-4-6-17(9)3/h8-10,18H,4-7,13H2,1-3H3/t8-,9?,10+/m1/s1. The minimum Gasteiger partial charge on any atom is -0.391 e. The number of rotatable bonds is 3. The van der Waals surface area contributed by atoms with Gasteiger partial charge < -0.3 is 20.3 Å². The first-order valence-corrected chi connectivity index (χ1v) is 6.65. The van der Waals surface area contributed by atoms with Gasteiger partial charge in [-0.1, -0.05) is 5.16 Å². The number of aromatic nitrogens is 2. The molecule has 2 rings (SSSR count). The molecule has 0 amide bonds. The van der Waals surface area contributed by atoms with Crippen LogP contribution in [-0.4, -0.2) is 64.9 Å². The molecule has 7 nitrogen and oxygen atoms in total. The third kappa shape index (κ3) is 3.30. The second-order valence-corrected chi connectivity index (χ2v) is 5.37. The van der Waals surface area contributed by atoms with Gasteiger partial charge in [0.2, 0.25) is 5.89 Å². The van der Waals surface area contributed by atoms with Crippen LogP contribution in [-0.2, 0) is 0 Å². The fourth-order valence-electron chi connectivity index (χ4n) is 2.27. The Balaban J connectivity index is 2.16. The third-order valence-electron chi connectivity index (χ3n) is 3.63. The second kappa shape index (κ2) is 5.96. The van der Waals surface area contributed by atoms with Gasteiger partial charge >= 0.3 is 0 Å². The quantitative estimate of drug-likeness (QED) is 0.782. The molecule has 1 unspecified atom stereocenters. The Bertz CT molecular complexity index is 409. The molecule has 1 fully saturated rings. The SMILES string of the molecule is C[C@@H](O)[C@H](N)c1nc(C2CN(C)CCCN2C)no1. The zero-order valence-corrected chi connectivity index (χ0v) is 11.8. The van der Waals surface area contributed by atoms with Crippen LogP contribution >= 0.6 is 0 Å². The van der Waals surface area contributed by atoms with E-state index < -0.39 is 12.1 Å². The minimum atomic E-state index is -0.706. The number of nitrogens with two attached hydrogens (primary N) is 1. The minimum absolute atomic E-state index is 0.103. The highest BCUT2D eigenvalue weighted by Gasteiger charge is 2.28. The van der Waals surface area contributed by atoms with Crippen molar-refractivity contribution in [3.05, 3.63) is 11.7 Å². The van der Waals surface area contributed by atoms with Crippen molar-refractivity contribution < 1.29 is 9.63 Å². The highest BCUT2D eigenvalue weighted by atomic mass is 16.5. The van der Waals surface area contributed by atoms with Gasteiger partial charge in [0.25, 0.3) is 0 Å². The van der Waals surface area contributed by atoms with Gasteiger partial charge in [-0.2, -0.15) is 4.98 Å². The van der Waals surface area contributed by atoms with Gasteiger partial charge in [-0.15, -0.1) is 0 Å². The monoisotopic (exact) mass is 269 g/mol. The third-order valence-corrected chi connectivity index (χ3v) is 3.63. The molecular formula is C12H23N5O2. The Morgan fingerprint density at radius 1 is 1.42 bits per heavy atom. The van der Waals surface area contributed by atoms with Gasteiger partial charge in [-0.05, 0) is 40.5 Å². The van der Waals surface area contributed by atoms with Crippen molar-refractivity contribution in [2.45, 2.75) is 31.5 Å². The normalized spacial score (nSPS) is 26.1. The van der Waals surface area contributed by atoms with Gasteiger partial charge in [-0.3, -0.25) is 4.90 Å². The molecule has 1 aliphatic rings. The fourth-order valence-corrected chi connectivity index (χ4v) is 2.27. The van der Waals surface area contributed by atoms with Crippen molar-refractivity contribution in [1.29, 1.82) is 0 Å². The van der Waals surface area contributed by atoms with E-state index in [1.165, 1.54) is 0 Å². The van der Waals surface area contributed by atoms with Crippen LogP contribution in [0.1, 0.15) is 37.1 Å². The molecule has 108 valence electrons. The van der Waals surface area contributed by atoms with Crippen LogP contribution in [0.25, 0.3) is 0 Å². The zero-order chi connectivity index (χ0) is 14.0. The summed E-state index contributed by atoms with van der Waals surface area (Å²) in [6, 6.07) is -0.527. The molecule has 0 aliphatic carbocycles. The molecule has 1 aromatic heterocycles. The average Bonchev–Trinajstić information content (AvgIpc) is 2.77. The lowest BCUT2D eigenvalue weighted by atomic mass is 10.2. The predicted molar refractivity (Wildman–Crippen MR) is 70.4 cm³/mol. The fraction of sp³-hybridized carbons (Fsp3) is 0.833. The summed E-state index contributed by atoms with van der Waals surface area (Å²) < 4.78 is 5.17. The largest absolute Gasteiger partial charge is 0.391 e. The van der Waals surface area contributed by atoms with E-state index in [2.05, 4.69) is 34.0 Å². The molecule has 0 spiro atoms. The van der Waals surface area contributed by atoms with Crippen LogP contribution in [0.5, 0.6) is 0 Å². The maximum atomic E-state index is 9.46. The molecule has 0 saturated carbocycles. The van der Waals surface area contributed by atoms with E-state index in [1.54, 1.807) is 6.92 Å². The maximum Gasteiger partial charge on any atom is 0.246 e. The van der Waals surface area contributed by atoms with Gasteiger partial charge in [0.15, 0.2) is 5.82 Å². The number of hydrogen-bond acceptors (Lipinski definition) is 7. The van der Waals surface area contributed by atoms with Crippen LogP contribution in [0.2, 0.25) is 0 Å². The summed E-state index contributed by atoms with van der Waals surface area (Å²) in [6.45, 7) is 4.54. The van der Waals surface area contributed by atoms with E-state index in [-0.39, 0.29) is 6.04 Å². The number of nitrogens with zero attached hydrogens (tertiary/aromatic N) is 4. The number of aliphatic hydroxyl groups excluding tert-OH is 1. The van der Waals surface area contributed by atoms with Crippen molar-refractivity contribution in [3.8, 4) is 0 Å². The molecule has 1 aromatic rings. The summed E-state index contributed by atoms with van der Waals surface area (Å²) in [5, 5.41) is 13.5. The Hall–Kier alpha value is -1.02. The number of hydrogen-bond donors (Lipinski definition) is 2. The van der Waals surface area contributed by atoms with E-state index in [0.717, 1.165) is 26.1 Å². The van der Waals surface area contributed by atoms with Gasteiger partial charge in [0.1, 0.15) is 6.04 Å². The van der Waals surface area contributed by atoms with Crippen molar-refractivity contribution in [2.24, 2.45) is 5.73 Å². The molecule has 3 atom stereocenters. The Morgan fingerprint density at radius 2 is 2.16 bits per heavy atom. The molecule has 2 heterocycles. The summed E-state index contributed by atoms with van der Waals surface area (Å²) in [6.07, 6.45) is 0.421. The molecule has 0 radical (unpaired) electrons. The predicted octanol–water partition coefficient (Wildman–Crippen LogP) is -0.241. The average molecular weight is 269 g/mol. The van der Waals surface area contributed by atoms with Crippen molar-refractivity contribution in [2.75, 3.05) is 33.7 Å². The Kier molecular flexibility index (Phi) is 4.51. The highest BCUT2D eigenvalue weighted by molar-refractivity contribution is 5.00. The van der Waals surface area contributed by atoms with Crippen LogP contribution in [0, 0.1) is 0 Å². The molecule has 7 heteroatoms. The summed E-state index contributed by atoms with van der Waals surface area (Å²) in [4.78, 5) is 8.84. The Morgan fingerprint density at radius 3 is 2.84 bits per heavy atom. The van der Waals surface area contributed by atoms with Crippen LogP contribution in [0.15, 0.2) is 4.52 Å². The molecule has 1 aliphatic heterocycles. The van der Waals surface area contributed by atoms with E-state index >= 15 is 0 Å². The lowest BCUT2D eigenvalue weighted by molar-refractivity contribution is 0.146. The summed E-state index contributed by atoms with van der Waals surface area (Å²) in [7, 11) is 4.16. The summed E-state index contributed by atoms with van der Waals surface area (Å²) in [5.74, 6) is 0.938.